The zero-order valence-corrected chi connectivity index (χ0v) is 10.1. The van der Waals surface area contributed by atoms with E-state index < -0.39 is 11.8 Å². The second kappa shape index (κ2) is 6.17. The van der Waals surface area contributed by atoms with Crippen LogP contribution < -0.4 is 10.6 Å². The maximum Gasteiger partial charge on any atom is 0.313 e. The largest absolute Gasteiger partial charge is 0.348 e. The van der Waals surface area contributed by atoms with Crippen LogP contribution >= 0.6 is 11.8 Å². The minimum absolute atomic E-state index is 0.442. The summed E-state index contributed by atoms with van der Waals surface area (Å²) in [7, 11) is 0. The lowest BCUT2D eigenvalue weighted by molar-refractivity contribution is -0.136. The van der Waals surface area contributed by atoms with Crippen molar-refractivity contribution in [2.75, 3.05) is 18.1 Å². The molecule has 5 heteroatoms. The van der Waals surface area contributed by atoms with Crippen molar-refractivity contribution in [3.63, 3.8) is 0 Å². The average molecular weight is 238 g/mol. The van der Waals surface area contributed by atoms with Crippen LogP contribution in [0, 0.1) is 0 Å². The fourth-order valence-electron chi connectivity index (χ4n) is 1.10. The van der Waals surface area contributed by atoms with Gasteiger partial charge in [-0.25, -0.2) is 0 Å². The molecule has 0 aliphatic heterocycles. The Morgan fingerprint density at radius 3 is 2.31 bits per heavy atom. The van der Waals surface area contributed by atoms with Gasteiger partial charge in [-0.05, 0) is 37.4 Å². The smallest absolute Gasteiger partial charge is 0.313 e. The molecule has 0 saturated heterocycles. The highest BCUT2D eigenvalue weighted by Gasteiger charge is 2.11. The Kier molecular flexibility index (Phi) is 4.85. The van der Waals surface area contributed by atoms with Crippen molar-refractivity contribution in [1.29, 1.82) is 0 Å². The summed E-state index contributed by atoms with van der Waals surface area (Å²) < 4.78 is 0. The van der Waals surface area contributed by atoms with Crippen molar-refractivity contribution in [2.24, 2.45) is 0 Å². The van der Waals surface area contributed by atoms with E-state index in [-0.39, 0.29) is 0 Å². The summed E-state index contributed by atoms with van der Waals surface area (Å²) in [4.78, 5) is 23.6. The standard InChI is InChI=1S/C11H14N2O2S/c1-3-12-10(14)11(15)13-8-4-6-9(16-2)7-5-8/h4-7H,3H2,1-2H3,(H,12,14)(H,13,15). The monoisotopic (exact) mass is 238 g/mol. The molecular weight excluding hydrogens is 224 g/mol. The number of benzene rings is 1. The molecule has 0 aliphatic carbocycles. The van der Waals surface area contributed by atoms with Gasteiger partial charge in [0.2, 0.25) is 0 Å². The number of rotatable bonds is 3. The summed E-state index contributed by atoms with van der Waals surface area (Å²) in [5, 5.41) is 4.95. The first-order chi connectivity index (χ1) is 7.67. The van der Waals surface area contributed by atoms with Gasteiger partial charge in [0.1, 0.15) is 0 Å². The summed E-state index contributed by atoms with van der Waals surface area (Å²) in [6.45, 7) is 2.20. The number of anilines is 1. The number of hydrogen-bond donors (Lipinski definition) is 2. The zero-order valence-electron chi connectivity index (χ0n) is 9.24. The van der Waals surface area contributed by atoms with Crippen molar-refractivity contribution < 1.29 is 9.59 Å². The summed E-state index contributed by atoms with van der Waals surface area (Å²) in [6.07, 6.45) is 1.97. The van der Waals surface area contributed by atoms with Gasteiger partial charge in [0.15, 0.2) is 0 Å². The lowest BCUT2D eigenvalue weighted by Gasteiger charge is -2.05. The van der Waals surface area contributed by atoms with Crippen LogP contribution in [0.15, 0.2) is 29.2 Å². The molecule has 0 aliphatic rings. The van der Waals surface area contributed by atoms with Gasteiger partial charge in [-0.3, -0.25) is 9.59 Å². The van der Waals surface area contributed by atoms with Crippen LogP contribution in [-0.4, -0.2) is 24.6 Å². The van der Waals surface area contributed by atoms with Gasteiger partial charge in [-0.15, -0.1) is 11.8 Å². The van der Waals surface area contributed by atoms with Gasteiger partial charge >= 0.3 is 11.8 Å². The third-order valence-electron chi connectivity index (χ3n) is 1.89. The molecule has 2 amide bonds. The number of hydrogen-bond acceptors (Lipinski definition) is 3. The second-order valence-electron chi connectivity index (χ2n) is 3.04. The van der Waals surface area contributed by atoms with Crippen LogP contribution in [0.2, 0.25) is 0 Å². The zero-order chi connectivity index (χ0) is 12.0. The first kappa shape index (κ1) is 12.6. The maximum absolute atomic E-state index is 11.3. The van der Waals surface area contributed by atoms with Crippen LogP contribution in [0.1, 0.15) is 6.92 Å². The Bertz CT molecular complexity index is 376. The van der Waals surface area contributed by atoms with Gasteiger partial charge < -0.3 is 10.6 Å². The molecule has 86 valence electrons. The molecule has 1 rings (SSSR count). The maximum atomic E-state index is 11.3. The molecule has 0 unspecified atom stereocenters. The lowest BCUT2D eigenvalue weighted by atomic mass is 10.3. The molecule has 0 bridgehead atoms. The third-order valence-corrected chi connectivity index (χ3v) is 2.64. The predicted octanol–water partition coefficient (Wildman–Crippen LogP) is 1.48. The number of amides is 2. The molecule has 1 aromatic rings. The number of nitrogens with one attached hydrogen (secondary N) is 2. The molecule has 0 saturated carbocycles. The number of likely N-dealkylation sites (N-methyl/N-ethyl adjacent to an activating group) is 1. The molecule has 0 atom stereocenters. The van der Waals surface area contributed by atoms with Crippen molar-refractivity contribution in [3.8, 4) is 0 Å². The molecule has 1 aromatic carbocycles. The van der Waals surface area contributed by atoms with Crippen LogP contribution in [0.4, 0.5) is 5.69 Å². The molecular formula is C11H14N2O2S. The Morgan fingerprint density at radius 1 is 1.19 bits per heavy atom. The van der Waals surface area contributed by atoms with E-state index in [0.717, 1.165) is 4.90 Å². The third kappa shape index (κ3) is 3.58. The lowest BCUT2D eigenvalue weighted by Crippen LogP contribution is -2.35. The van der Waals surface area contributed by atoms with Gasteiger partial charge in [0.25, 0.3) is 0 Å². The van der Waals surface area contributed by atoms with E-state index >= 15 is 0 Å². The van der Waals surface area contributed by atoms with E-state index in [1.54, 1.807) is 30.8 Å². The number of thioether (sulfide) groups is 1. The Morgan fingerprint density at radius 2 is 1.81 bits per heavy atom. The fraction of sp³-hybridized carbons (Fsp3) is 0.273. The van der Waals surface area contributed by atoms with Crippen molar-refractivity contribution in [3.05, 3.63) is 24.3 Å². The molecule has 0 fully saturated rings. The highest BCUT2D eigenvalue weighted by Crippen LogP contribution is 2.17. The van der Waals surface area contributed by atoms with Crippen LogP contribution in [0.3, 0.4) is 0 Å². The minimum Gasteiger partial charge on any atom is -0.348 e. The highest BCUT2D eigenvalue weighted by molar-refractivity contribution is 7.98. The molecule has 2 N–H and O–H groups in total. The van der Waals surface area contributed by atoms with Crippen LogP contribution in [0.25, 0.3) is 0 Å². The van der Waals surface area contributed by atoms with Crippen molar-refractivity contribution in [2.45, 2.75) is 11.8 Å². The Balaban J connectivity index is 2.59. The van der Waals surface area contributed by atoms with E-state index in [1.807, 2.05) is 18.4 Å². The molecule has 0 radical (unpaired) electrons. The summed E-state index contributed by atoms with van der Waals surface area (Å²) >= 11 is 1.62. The van der Waals surface area contributed by atoms with Crippen LogP contribution in [-0.2, 0) is 9.59 Å². The van der Waals surface area contributed by atoms with Crippen molar-refractivity contribution in [1.82, 2.24) is 5.32 Å². The van der Waals surface area contributed by atoms with Gasteiger partial charge in [-0.1, -0.05) is 0 Å². The molecule has 0 aromatic heterocycles. The SMILES string of the molecule is CCNC(=O)C(=O)Nc1ccc(SC)cc1. The fourth-order valence-corrected chi connectivity index (χ4v) is 1.51. The van der Waals surface area contributed by atoms with E-state index in [1.165, 1.54) is 0 Å². The number of carbonyl (C=O) groups excluding carboxylic acids is 2. The summed E-state index contributed by atoms with van der Waals surface area (Å²) in [6, 6.07) is 7.31. The van der Waals surface area contributed by atoms with E-state index in [0.29, 0.717) is 12.2 Å². The topological polar surface area (TPSA) is 58.2 Å². The van der Waals surface area contributed by atoms with Gasteiger partial charge in [-0.2, -0.15) is 0 Å². The Labute approximate surface area is 98.8 Å². The average Bonchev–Trinajstić information content (AvgIpc) is 2.30. The molecule has 0 heterocycles. The predicted molar refractivity (Wildman–Crippen MR) is 65.5 cm³/mol. The van der Waals surface area contributed by atoms with E-state index in [2.05, 4.69) is 10.6 Å². The normalized spacial score (nSPS) is 9.62. The molecule has 4 nitrogen and oxygen atoms in total. The molecule has 0 spiro atoms. The number of carbonyl (C=O) groups is 2. The molecule has 16 heavy (non-hydrogen) atoms. The first-order valence-electron chi connectivity index (χ1n) is 4.90. The highest BCUT2D eigenvalue weighted by atomic mass is 32.2. The quantitative estimate of drug-likeness (QED) is 0.619. The van der Waals surface area contributed by atoms with Gasteiger partial charge in [0, 0.05) is 17.1 Å². The summed E-state index contributed by atoms with van der Waals surface area (Å²) in [5.74, 6) is -1.25. The summed E-state index contributed by atoms with van der Waals surface area (Å²) in [5.41, 5.74) is 0.619. The van der Waals surface area contributed by atoms with Crippen LogP contribution in [0.5, 0.6) is 0 Å². The minimum atomic E-state index is -0.640. The van der Waals surface area contributed by atoms with Crippen molar-refractivity contribution >= 4 is 29.3 Å². The van der Waals surface area contributed by atoms with Gasteiger partial charge in [0.05, 0.1) is 0 Å². The second-order valence-corrected chi connectivity index (χ2v) is 3.92. The first-order valence-corrected chi connectivity index (χ1v) is 6.13. The Hall–Kier alpha value is -1.49. The van der Waals surface area contributed by atoms with E-state index in [9.17, 15) is 9.59 Å². The van der Waals surface area contributed by atoms with E-state index in [4.69, 9.17) is 0 Å².